The third kappa shape index (κ3) is 4.60. The van der Waals surface area contributed by atoms with Gasteiger partial charge >= 0.3 is 0 Å². The molecule has 32 heavy (non-hydrogen) atoms. The standard InChI is InChI=1S/C29H35NSSi/c1-20-23-10-8-9-11-24(23)26(29(2,3)4)19-25(20)27-18-21(14-16-30(27)5)28-13-12-22(31-28)15-17-32(6)7/h8-14,16,18-19H,15,17H2,1-7H3/q+1. The van der Waals surface area contributed by atoms with E-state index in [1.165, 1.54) is 60.9 Å². The fourth-order valence-corrected chi connectivity index (χ4v) is 6.39. The Morgan fingerprint density at radius 1 is 0.938 bits per heavy atom. The van der Waals surface area contributed by atoms with E-state index in [-0.39, 0.29) is 14.2 Å². The molecule has 0 aliphatic heterocycles. The fourth-order valence-electron chi connectivity index (χ4n) is 4.44. The summed E-state index contributed by atoms with van der Waals surface area (Å²) in [5, 5.41) is 2.73. The van der Waals surface area contributed by atoms with Gasteiger partial charge in [-0.05, 0) is 58.9 Å². The topological polar surface area (TPSA) is 3.88 Å². The zero-order chi connectivity index (χ0) is 23.0. The van der Waals surface area contributed by atoms with Crippen molar-refractivity contribution < 1.29 is 4.57 Å². The Labute approximate surface area is 199 Å². The Balaban J connectivity index is 1.84. The lowest BCUT2D eigenvalue weighted by Gasteiger charge is -2.24. The number of hydrogen-bond donors (Lipinski definition) is 0. The number of fused-ring (bicyclic) bond motifs is 1. The third-order valence-electron chi connectivity index (χ3n) is 6.37. The highest BCUT2D eigenvalue weighted by molar-refractivity contribution is 7.15. The van der Waals surface area contributed by atoms with Crippen molar-refractivity contribution in [2.75, 3.05) is 0 Å². The Kier molecular flexibility index (Phi) is 6.42. The molecule has 2 aromatic heterocycles. The number of pyridine rings is 1. The van der Waals surface area contributed by atoms with Gasteiger partial charge in [0.1, 0.15) is 7.05 Å². The summed E-state index contributed by atoms with van der Waals surface area (Å²) in [6.07, 6.45) is 3.44. The van der Waals surface area contributed by atoms with Crippen molar-refractivity contribution in [3.05, 3.63) is 76.8 Å². The molecule has 4 rings (SSSR count). The summed E-state index contributed by atoms with van der Waals surface area (Å²) in [5.41, 5.74) is 6.78. The summed E-state index contributed by atoms with van der Waals surface area (Å²) in [4.78, 5) is 2.88. The van der Waals surface area contributed by atoms with Crippen LogP contribution in [0.5, 0.6) is 0 Å². The predicted octanol–water partition coefficient (Wildman–Crippen LogP) is 7.96. The van der Waals surface area contributed by atoms with E-state index >= 15 is 0 Å². The van der Waals surface area contributed by atoms with Crippen LogP contribution < -0.4 is 4.57 Å². The molecule has 1 radical (unpaired) electrons. The molecule has 4 aromatic rings. The van der Waals surface area contributed by atoms with Gasteiger partial charge in [-0.15, -0.1) is 11.3 Å². The maximum absolute atomic E-state index is 2.43. The van der Waals surface area contributed by atoms with Crippen LogP contribution in [0.2, 0.25) is 19.1 Å². The predicted molar refractivity (Wildman–Crippen MR) is 143 cm³/mol. The average molecular weight is 458 g/mol. The quantitative estimate of drug-likeness (QED) is 0.211. The van der Waals surface area contributed by atoms with Crippen molar-refractivity contribution in [1.29, 1.82) is 0 Å². The first-order valence-corrected chi connectivity index (χ1v) is 15.1. The largest absolute Gasteiger partial charge is 0.213 e. The SMILES string of the molecule is Cc1c(-c2cc(-c3ccc(CC[Si](C)C)s3)cc[n+]2C)cc(C(C)(C)C)c2ccccc12. The molecule has 0 aliphatic carbocycles. The monoisotopic (exact) mass is 457 g/mol. The second kappa shape index (κ2) is 8.96. The van der Waals surface area contributed by atoms with Crippen LogP contribution in [-0.2, 0) is 18.9 Å². The van der Waals surface area contributed by atoms with Gasteiger partial charge in [0.15, 0.2) is 6.20 Å². The number of aryl methyl sites for hydroxylation is 3. The molecule has 0 fully saturated rings. The molecule has 165 valence electrons. The summed E-state index contributed by atoms with van der Waals surface area (Å²) in [6.45, 7) is 14.0. The maximum atomic E-state index is 2.43. The summed E-state index contributed by atoms with van der Waals surface area (Å²) in [6, 6.07) is 21.9. The first-order chi connectivity index (χ1) is 15.1. The minimum atomic E-state index is -0.170. The number of benzene rings is 2. The molecule has 0 unspecified atom stereocenters. The lowest BCUT2D eigenvalue weighted by atomic mass is 9.80. The van der Waals surface area contributed by atoms with E-state index in [4.69, 9.17) is 0 Å². The van der Waals surface area contributed by atoms with Crippen molar-refractivity contribution in [2.45, 2.75) is 58.7 Å². The van der Waals surface area contributed by atoms with Crippen LogP contribution in [0.3, 0.4) is 0 Å². The summed E-state index contributed by atoms with van der Waals surface area (Å²) < 4.78 is 2.27. The average Bonchev–Trinajstić information content (AvgIpc) is 3.21. The molecular weight excluding hydrogens is 422 g/mol. The molecule has 0 amide bonds. The number of rotatable bonds is 5. The number of thiophene rings is 1. The molecule has 0 spiro atoms. The highest BCUT2D eigenvalue weighted by Crippen LogP contribution is 2.38. The Bertz CT molecular complexity index is 1260. The smallest absolute Gasteiger partial charge is 0.201 e. The van der Waals surface area contributed by atoms with Crippen molar-refractivity contribution in [2.24, 2.45) is 7.05 Å². The van der Waals surface area contributed by atoms with Gasteiger partial charge in [0.05, 0.1) is 0 Å². The Hall–Kier alpha value is -2.23. The van der Waals surface area contributed by atoms with Crippen molar-refractivity contribution >= 4 is 30.9 Å². The third-order valence-corrected chi connectivity index (χ3v) is 8.81. The summed E-state index contributed by atoms with van der Waals surface area (Å²) in [5.74, 6) is 0. The second-order valence-corrected chi connectivity index (χ2v) is 14.4. The molecular formula is C29H35NSSi+. The minimum absolute atomic E-state index is 0.0831. The van der Waals surface area contributed by atoms with Crippen LogP contribution >= 0.6 is 11.3 Å². The van der Waals surface area contributed by atoms with Gasteiger partial charge in [-0.25, -0.2) is 4.57 Å². The molecule has 3 heteroatoms. The molecule has 1 nitrogen and oxygen atoms in total. The van der Waals surface area contributed by atoms with Gasteiger partial charge in [0.25, 0.3) is 0 Å². The van der Waals surface area contributed by atoms with Gasteiger partial charge in [0.2, 0.25) is 5.69 Å². The molecule has 0 N–H and O–H groups in total. The van der Waals surface area contributed by atoms with Crippen LogP contribution in [0.1, 0.15) is 36.8 Å². The van der Waals surface area contributed by atoms with E-state index in [1.54, 1.807) is 0 Å². The van der Waals surface area contributed by atoms with Gasteiger partial charge in [0, 0.05) is 41.8 Å². The first-order valence-electron chi connectivity index (χ1n) is 11.6. The molecule has 2 aromatic carbocycles. The number of hydrogen-bond acceptors (Lipinski definition) is 1. The lowest BCUT2D eigenvalue weighted by molar-refractivity contribution is -0.660. The van der Waals surface area contributed by atoms with Crippen LogP contribution in [0, 0.1) is 6.92 Å². The highest BCUT2D eigenvalue weighted by atomic mass is 32.1. The highest BCUT2D eigenvalue weighted by Gasteiger charge is 2.23. The molecule has 0 saturated heterocycles. The van der Waals surface area contributed by atoms with Crippen molar-refractivity contribution in [1.82, 2.24) is 0 Å². The van der Waals surface area contributed by atoms with Crippen LogP contribution in [0.25, 0.3) is 32.5 Å². The van der Waals surface area contributed by atoms with E-state index in [0.29, 0.717) is 0 Å². The zero-order valence-corrected chi connectivity index (χ0v) is 22.4. The van der Waals surface area contributed by atoms with Gasteiger partial charge < -0.3 is 0 Å². The van der Waals surface area contributed by atoms with Crippen molar-refractivity contribution in [3.8, 4) is 21.7 Å². The minimum Gasteiger partial charge on any atom is -0.201 e. The summed E-state index contributed by atoms with van der Waals surface area (Å²) in [7, 11) is 1.99. The molecule has 0 atom stereocenters. The van der Waals surface area contributed by atoms with E-state index in [1.807, 2.05) is 11.3 Å². The van der Waals surface area contributed by atoms with E-state index in [9.17, 15) is 0 Å². The van der Waals surface area contributed by atoms with E-state index in [0.717, 1.165) is 0 Å². The molecule has 0 saturated carbocycles. The van der Waals surface area contributed by atoms with E-state index in [2.05, 4.69) is 113 Å². The Morgan fingerprint density at radius 3 is 2.34 bits per heavy atom. The van der Waals surface area contributed by atoms with Crippen molar-refractivity contribution in [3.63, 3.8) is 0 Å². The van der Waals surface area contributed by atoms with Gasteiger partial charge in [-0.2, -0.15) is 0 Å². The Morgan fingerprint density at radius 2 is 1.66 bits per heavy atom. The van der Waals surface area contributed by atoms with Crippen LogP contribution in [-0.4, -0.2) is 8.80 Å². The molecule has 0 bridgehead atoms. The lowest BCUT2D eigenvalue weighted by Crippen LogP contribution is -2.30. The van der Waals surface area contributed by atoms with E-state index < -0.39 is 0 Å². The maximum Gasteiger partial charge on any atom is 0.213 e. The van der Waals surface area contributed by atoms with Crippen LogP contribution in [0.4, 0.5) is 0 Å². The van der Waals surface area contributed by atoms with Gasteiger partial charge in [-0.3, -0.25) is 0 Å². The summed E-state index contributed by atoms with van der Waals surface area (Å²) >= 11 is 1.96. The van der Waals surface area contributed by atoms with Crippen LogP contribution in [0.15, 0.2) is 60.8 Å². The number of nitrogens with zero attached hydrogens (tertiary/aromatic N) is 1. The molecule has 2 heterocycles. The zero-order valence-electron chi connectivity index (χ0n) is 20.5. The normalized spacial score (nSPS) is 12.1. The number of aromatic nitrogens is 1. The first kappa shape index (κ1) is 22.9. The second-order valence-electron chi connectivity index (χ2n) is 10.3. The fraction of sp³-hybridized carbons (Fsp3) is 0.345. The van der Waals surface area contributed by atoms with Gasteiger partial charge in [-0.1, -0.05) is 64.2 Å². The molecule has 0 aliphatic rings.